The highest BCUT2D eigenvalue weighted by molar-refractivity contribution is 7.72. The number of fused-ring (bicyclic) bond motifs is 3. The second-order valence-electron chi connectivity index (χ2n) is 13.3. The minimum absolute atomic E-state index is 0. The standard InChI is InChI=1S/C27H29NO11.C5H10N2O7P2.ClH/c1-10-22(31)13(28)6-17(38-10)39-15-8-27(36,16(30)9-29)7-12-19(15)26(35)21-20(24(12)33)23(32)11-4-3-5-14(37-2)18(11)25(21)34;8-5(15(9,10)11,16(12,13)14)3-7-2-1-6-4-7;/h3-5,10,13,15,17,22,29,31,33,35-36H,6-9,28H2,1-2H3;1-2,4,8H,3H2,(H2,9,10,11)(H2,12,13,14);1H/t10-,13-,15-,17-,22+,27-;;/m0../s1. The van der Waals surface area contributed by atoms with Crippen molar-refractivity contribution in [2.75, 3.05) is 13.7 Å². The van der Waals surface area contributed by atoms with Crippen LogP contribution in [0, 0.1) is 0 Å². The highest BCUT2D eigenvalue weighted by Crippen LogP contribution is 2.68. The molecule has 3 aromatic rings. The lowest BCUT2D eigenvalue weighted by Gasteiger charge is -2.42. The molecular weight excluding hydrogens is 812 g/mol. The SMILES string of the molecule is COc1cccc2c1C(=O)c1c(O)c3c(c(O)c1C2=O)C[C@@](O)(C(=O)CO)C[C@@H]3O[C@H]1C[C@H](N)[C@H](O)[C@H](C)O1.Cl.O=P(O)(O)C(O)(Cn1ccnc1)P(=O)(O)O. The number of Topliss-reactive ketones (excluding diaryl/α,β-unsaturated/α-hetero) is 1. The number of hydrogen-bond donors (Lipinski definition) is 11. The second kappa shape index (κ2) is 16.3. The van der Waals surface area contributed by atoms with E-state index in [9.17, 15) is 54.2 Å². The molecule has 6 rings (SSSR count). The number of aliphatic hydroxyl groups is 4. The van der Waals surface area contributed by atoms with Crippen LogP contribution in [0.25, 0.3) is 0 Å². The number of carbonyl (C=O) groups excluding carboxylic acids is 3. The summed E-state index contributed by atoms with van der Waals surface area (Å²) in [5.74, 6) is -3.77. The molecule has 21 nitrogen and oxygen atoms in total. The quantitative estimate of drug-likeness (QED) is 0.0733. The van der Waals surface area contributed by atoms with Crippen LogP contribution < -0.4 is 10.5 Å². The van der Waals surface area contributed by atoms with Crippen molar-refractivity contribution < 1.29 is 87.9 Å². The van der Waals surface area contributed by atoms with Crippen molar-refractivity contribution in [1.29, 1.82) is 0 Å². The van der Waals surface area contributed by atoms with Gasteiger partial charge in [-0.25, -0.2) is 4.98 Å². The number of carbonyl (C=O) groups is 3. The zero-order chi connectivity index (χ0) is 41.0. The van der Waals surface area contributed by atoms with Crippen molar-refractivity contribution >= 4 is 44.9 Å². The highest BCUT2D eigenvalue weighted by atomic mass is 35.5. The third kappa shape index (κ3) is 7.94. The van der Waals surface area contributed by atoms with Crippen molar-refractivity contribution in [3.63, 3.8) is 0 Å². The maximum absolute atomic E-state index is 13.6. The van der Waals surface area contributed by atoms with E-state index in [1.165, 1.54) is 37.7 Å². The summed E-state index contributed by atoms with van der Waals surface area (Å²) in [4.78, 5) is 78.5. The van der Waals surface area contributed by atoms with Gasteiger partial charge in [0.2, 0.25) is 5.78 Å². The van der Waals surface area contributed by atoms with Gasteiger partial charge in [-0.3, -0.25) is 23.5 Å². The molecule has 308 valence electrons. The normalized spacial score (nSPS) is 24.8. The van der Waals surface area contributed by atoms with E-state index < -0.39 is 122 Å². The first kappa shape index (κ1) is 45.1. The van der Waals surface area contributed by atoms with Gasteiger partial charge in [-0.1, -0.05) is 12.1 Å². The third-order valence-electron chi connectivity index (χ3n) is 9.69. The van der Waals surface area contributed by atoms with Crippen LogP contribution in [-0.2, 0) is 36.4 Å². The zero-order valence-corrected chi connectivity index (χ0v) is 32.0. The van der Waals surface area contributed by atoms with Crippen LogP contribution in [0.1, 0.15) is 68.8 Å². The summed E-state index contributed by atoms with van der Waals surface area (Å²) in [7, 11) is -9.49. The molecule has 0 spiro atoms. The second-order valence-corrected chi connectivity index (χ2v) is 17.3. The first-order chi connectivity index (χ1) is 25.5. The number of halogens is 1. The van der Waals surface area contributed by atoms with Crippen LogP contribution in [0.15, 0.2) is 36.9 Å². The fraction of sp³-hybridized carbons (Fsp3) is 0.438. The van der Waals surface area contributed by atoms with Crippen molar-refractivity contribution in [3.05, 3.63) is 70.3 Å². The number of aliphatic hydroxyl groups excluding tert-OH is 2. The maximum Gasteiger partial charge on any atom is 0.371 e. The van der Waals surface area contributed by atoms with E-state index in [-0.39, 0.29) is 46.8 Å². The number of nitrogens with two attached hydrogens (primary N) is 1. The molecule has 12 N–H and O–H groups in total. The van der Waals surface area contributed by atoms with Crippen molar-refractivity contribution in [2.45, 2.75) is 74.1 Å². The molecule has 0 amide bonds. The van der Waals surface area contributed by atoms with Gasteiger partial charge in [0.15, 0.2) is 17.9 Å². The lowest BCUT2D eigenvalue weighted by atomic mass is 9.72. The van der Waals surface area contributed by atoms with E-state index in [4.69, 9.17) is 39.5 Å². The summed E-state index contributed by atoms with van der Waals surface area (Å²) < 4.78 is 39.8. The molecule has 2 heterocycles. The molecule has 0 radical (unpaired) electrons. The fourth-order valence-corrected chi connectivity index (χ4v) is 8.78. The number of aromatic nitrogens is 2. The van der Waals surface area contributed by atoms with Crippen LogP contribution in [0.2, 0.25) is 0 Å². The van der Waals surface area contributed by atoms with Gasteiger partial charge in [0.25, 0.3) is 5.08 Å². The van der Waals surface area contributed by atoms with Gasteiger partial charge < -0.3 is 74.7 Å². The van der Waals surface area contributed by atoms with E-state index in [0.717, 1.165) is 10.9 Å². The van der Waals surface area contributed by atoms with Gasteiger partial charge >= 0.3 is 15.2 Å². The van der Waals surface area contributed by atoms with E-state index in [0.29, 0.717) is 0 Å². The van der Waals surface area contributed by atoms with Crippen molar-refractivity contribution in [2.24, 2.45) is 5.73 Å². The number of nitrogens with zero attached hydrogens (tertiary/aromatic N) is 2. The first-order valence-corrected chi connectivity index (χ1v) is 19.5. The molecule has 24 heteroatoms. The van der Waals surface area contributed by atoms with Gasteiger partial charge in [-0.15, -0.1) is 12.4 Å². The fourth-order valence-electron chi connectivity index (χ4n) is 6.73. The molecule has 2 aromatic carbocycles. The van der Waals surface area contributed by atoms with Gasteiger partial charge in [0.05, 0.1) is 55.0 Å². The van der Waals surface area contributed by atoms with Gasteiger partial charge in [0.1, 0.15) is 29.5 Å². The zero-order valence-electron chi connectivity index (χ0n) is 29.4. The molecule has 3 aliphatic rings. The maximum atomic E-state index is 13.6. The van der Waals surface area contributed by atoms with Crippen LogP contribution in [0.5, 0.6) is 17.2 Å². The molecule has 0 bridgehead atoms. The minimum Gasteiger partial charge on any atom is -0.507 e. The summed E-state index contributed by atoms with van der Waals surface area (Å²) in [6.45, 7) is -0.397. The molecule has 0 unspecified atom stereocenters. The molecule has 2 aliphatic carbocycles. The molecule has 56 heavy (non-hydrogen) atoms. The third-order valence-corrected chi connectivity index (χ3v) is 13.4. The van der Waals surface area contributed by atoms with E-state index in [1.807, 2.05) is 0 Å². The smallest absolute Gasteiger partial charge is 0.371 e. The monoisotopic (exact) mass is 851 g/mol. The lowest BCUT2D eigenvalue weighted by Crippen LogP contribution is -2.53. The predicted molar refractivity (Wildman–Crippen MR) is 190 cm³/mol. The lowest BCUT2D eigenvalue weighted by molar-refractivity contribution is -0.247. The first-order valence-electron chi connectivity index (χ1n) is 16.3. The Bertz CT molecular complexity index is 2070. The van der Waals surface area contributed by atoms with E-state index in [1.54, 1.807) is 6.92 Å². The number of rotatable bonds is 9. The topological polar surface area (TPSA) is 359 Å². The molecule has 1 saturated heterocycles. The Morgan fingerprint density at radius 1 is 1.09 bits per heavy atom. The summed E-state index contributed by atoms with van der Waals surface area (Å²) in [5.41, 5.74) is 2.37. The number of methoxy groups -OCH3 is 1. The largest absolute Gasteiger partial charge is 0.507 e. The summed E-state index contributed by atoms with van der Waals surface area (Å²) >= 11 is 0. The Balaban J connectivity index is 0.000000346. The number of aromatic hydroxyl groups is 2. The number of phenols is 2. The Morgan fingerprint density at radius 3 is 2.25 bits per heavy atom. The van der Waals surface area contributed by atoms with Crippen LogP contribution >= 0.6 is 27.6 Å². The van der Waals surface area contributed by atoms with E-state index in [2.05, 4.69) is 4.98 Å². The summed E-state index contributed by atoms with van der Waals surface area (Å²) in [6, 6.07) is 3.64. The van der Waals surface area contributed by atoms with Gasteiger partial charge in [-0.2, -0.15) is 0 Å². The summed E-state index contributed by atoms with van der Waals surface area (Å²) in [6.07, 6.45) is -1.62. The molecule has 0 saturated carbocycles. The number of hydrogen-bond acceptors (Lipinski definition) is 16. The highest BCUT2D eigenvalue weighted by Gasteiger charge is 2.59. The Labute approximate surface area is 323 Å². The van der Waals surface area contributed by atoms with Crippen LogP contribution in [-0.4, -0.2) is 126 Å². The molecule has 1 aliphatic heterocycles. The van der Waals surface area contributed by atoms with Crippen LogP contribution in [0.4, 0.5) is 0 Å². The van der Waals surface area contributed by atoms with Crippen molar-refractivity contribution in [3.8, 4) is 17.2 Å². The van der Waals surface area contributed by atoms with Gasteiger partial charge in [-0.05, 0) is 13.0 Å². The van der Waals surface area contributed by atoms with E-state index >= 15 is 0 Å². The average Bonchev–Trinajstić information content (AvgIpc) is 3.62. The molecule has 1 aromatic heterocycles. The number of benzene rings is 2. The molecule has 6 atom stereocenters. The summed E-state index contributed by atoms with van der Waals surface area (Å²) in [5, 5.41) is 59.7. The number of phenolic OH excluding ortho intramolecular Hbond substituents is 2. The predicted octanol–water partition coefficient (Wildman–Crippen LogP) is -0.692. The number of ketones is 3. The Kier molecular flexibility index (Phi) is 13.1. The Morgan fingerprint density at radius 2 is 1.71 bits per heavy atom. The molecular formula is C32H40ClN3O18P2. The van der Waals surface area contributed by atoms with Gasteiger partial charge in [0, 0.05) is 54.4 Å². The van der Waals surface area contributed by atoms with Crippen LogP contribution in [0.3, 0.4) is 0 Å². The molecule has 1 fully saturated rings. The van der Waals surface area contributed by atoms with Crippen molar-refractivity contribution in [1.82, 2.24) is 9.55 Å². The minimum atomic E-state index is -5.41. The number of imidazole rings is 1. The average molecular weight is 852 g/mol. The Hall–Kier alpha value is -3.63. The number of ether oxygens (including phenoxy) is 3.